The van der Waals surface area contributed by atoms with Gasteiger partial charge in [-0.1, -0.05) is 60.3 Å². The number of para-hydroxylation sites is 3. The maximum atomic E-state index is 13.9. The summed E-state index contributed by atoms with van der Waals surface area (Å²) in [5.41, 5.74) is 6.00. The lowest BCUT2D eigenvalue weighted by Crippen LogP contribution is -2.36. The van der Waals surface area contributed by atoms with E-state index in [4.69, 9.17) is 4.99 Å². The third kappa shape index (κ3) is 4.04. The van der Waals surface area contributed by atoms with Crippen LogP contribution < -0.4 is 30.1 Å². The number of carbonyl (C=O) groups is 1. The highest BCUT2D eigenvalue weighted by Gasteiger charge is 2.36. The van der Waals surface area contributed by atoms with Crippen LogP contribution in [0, 0.1) is 0 Å². The fourth-order valence-electron chi connectivity index (χ4n) is 4.63. The maximum Gasteiger partial charge on any atom is 0.283 e. The van der Waals surface area contributed by atoms with Crippen LogP contribution >= 0.6 is 23.1 Å². The molecule has 7 nitrogen and oxygen atoms in total. The number of nitrogens with one attached hydrogen (secondary N) is 1. The number of benzene rings is 3. The number of nitrogens with zero attached hydrogens (tertiary/aromatic N) is 4. The Morgan fingerprint density at radius 2 is 1.53 bits per heavy atom. The fraction of sp³-hybridized carbons (Fsp3) is 0.138. The van der Waals surface area contributed by atoms with Gasteiger partial charge >= 0.3 is 0 Å². The molecular weight excluding hydrogens is 514 g/mol. The highest BCUT2D eigenvalue weighted by molar-refractivity contribution is 8.08. The molecule has 1 fully saturated rings. The predicted molar refractivity (Wildman–Crippen MR) is 156 cm³/mol. The van der Waals surface area contributed by atoms with Crippen LogP contribution in [0.4, 0.5) is 17.1 Å². The molecule has 6 rings (SSSR count). The predicted octanol–water partition coefficient (Wildman–Crippen LogP) is 4.06. The van der Waals surface area contributed by atoms with Crippen LogP contribution in [0.25, 0.3) is 10.6 Å². The van der Waals surface area contributed by atoms with Crippen molar-refractivity contribution in [3.63, 3.8) is 0 Å². The van der Waals surface area contributed by atoms with Crippen LogP contribution in [0.15, 0.2) is 99.6 Å². The molecule has 0 atom stereocenters. The van der Waals surface area contributed by atoms with E-state index in [-0.39, 0.29) is 11.5 Å². The number of aliphatic imine (C=N–C) groups is 1. The Bertz CT molecular complexity index is 1740. The molecule has 0 aliphatic carbocycles. The van der Waals surface area contributed by atoms with E-state index in [0.717, 1.165) is 22.2 Å². The summed E-state index contributed by atoms with van der Waals surface area (Å²) in [6.45, 7) is 5.17. The molecule has 2 aliphatic rings. The normalized spacial score (nSPS) is 18.8. The van der Waals surface area contributed by atoms with Gasteiger partial charge in [-0.25, -0.2) is 10.0 Å². The molecule has 0 radical (unpaired) electrons. The molecule has 9 heteroatoms. The molecule has 0 unspecified atom stereocenters. The van der Waals surface area contributed by atoms with Gasteiger partial charge < -0.3 is 4.90 Å². The Kier molecular flexibility index (Phi) is 6.39. The summed E-state index contributed by atoms with van der Waals surface area (Å²) in [7, 11) is 0. The lowest BCUT2D eigenvalue weighted by Gasteiger charge is -2.16. The van der Waals surface area contributed by atoms with Crippen LogP contribution in [0.3, 0.4) is 0 Å². The van der Waals surface area contributed by atoms with Gasteiger partial charge in [0.25, 0.3) is 11.5 Å². The molecule has 0 spiro atoms. The van der Waals surface area contributed by atoms with Gasteiger partial charge in [-0.15, -0.1) is 11.3 Å². The van der Waals surface area contributed by atoms with Gasteiger partial charge in [-0.05, 0) is 50.2 Å². The van der Waals surface area contributed by atoms with Crippen LogP contribution in [-0.4, -0.2) is 22.9 Å². The zero-order valence-corrected chi connectivity index (χ0v) is 22.6. The number of amidine groups is 1. The summed E-state index contributed by atoms with van der Waals surface area (Å²) >= 11 is 2.96. The Morgan fingerprint density at radius 1 is 0.842 bits per heavy atom. The number of hydrogen-bond donors (Lipinski definition) is 1. The molecular formula is C29H25N5O2S2. The van der Waals surface area contributed by atoms with E-state index in [1.54, 1.807) is 16.3 Å². The number of thiazole rings is 1. The van der Waals surface area contributed by atoms with Crippen molar-refractivity contribution in [2.24, 2.45) is 4.99 Å². The first-order valence-corrected chi connectivity index (χ1v) is 14.1. The van der Waals surface area contributed by atoms with Crippen LogP contribution in [-0.2, 0) is 11.3 Å². The second-order valence-corrected chi connectivity index (χ2v) is 10.7. The summed E-state index contributed by atoms with van der Waals surface area (Å²) < 4.78 is 2.91. The zero-order chi connectivity index (χ0) is 26.2. The van der Waals surface area contributed by atoms with Crippen molar-refractivity contribution in [1.29, 1.82) is 0 Å². The SMILES string of the molecule is CCN1C(=c2sc(=C3C(=O)N(c4ccccc4)NC3=Nc3ccccc3)n(CC)c2=O)Sc2ccccc21. The minimum absolute atomic E-state index is 0.0984. The van der Waals surface area contributed by atoms with E-state index < -0.39 is 0 Å². The topological polar surface area (TPSA) is 69.9 Å². The van der Waals surface area contributed by atoms with E-state index in [9.17, 15) is 9.59 Å². The molecule has 1 amide bonds. The maximum absolute atomic E-state index is 13.9. The first-order valence-electron chi connectivity index (χ1n) is 12.4. The molecule has 3 heterocycles. The van der Waals surface area contributed by atoms with E-state index in [1.165, 1.54) is 16.3 Å². The monoisotopic (exact) mass is 539 g/mol. The summed E-state index contributed by atoms with van der Waals surface area (Å²) in [5, 5.41) is 2.39. The van der Waals surface area contributed by atoms with E-state index in [0.29, 0.717) is 38.5 Å². The number of carbonyl (C=O) groups excluding carboxylic acids is 1. The quantitative estimate of drug-likeness (QED) is 0.424. The minimum atomic E-state index is -0.249. The van der Waals surface area contributed by atoms with E-state index in [1.807, 2.05) is 79.7 Å². The number of amides is 1. The van der Waals surface area contributed by atoms with Gasteiger partial charge in [0.15, 0.2) is 5.84 Å². The van der Waals surface area contributed by atoms with Gasteiger partial charge in [-0.2, -0.15) is 0 Å². The summed E-state index contributed by atoms with van der Waals surface area (Å²) in [6.07, 6.45) is 0. The molecule has 1 aromatic heterocycles. The van der Waals surface area contributed by atoms with Crippen molar-refractivity contribution in [2.45, 2.75) is 25.3 Å². The second-order valence-electron chi connectivity index (χ2n) is 8.66. The smallest absolute Gasteiger partial charge is 0.283 e. The van der Waals surface area contributed by atoms with E-state index in [2.05, 4.69) is 29.4 Å². The van der Waals surface area contributed by atoms with Gasteiger partial charge in [0.2, 0.25) is 0 Å². The number of fused-ring (bicyclic) bond motifs is 1. The van der Waals surface area contributed by atoms with Gasteiger partial charge in [0.1, 0.15) is 19.8 Å². The molecule has 3 aromatic carbocycles. The third-order valence-electron chi connectivity index (χ3n) is 6.41. The van der Waals surface area contributed by atoms with Crippen molar-refractivity contribution in [3.8, 4) is 0 Å². The summed E-state index contributed by atoms with van der Waals surface area (Å²) in [5.74, 6) is 0.167. The average Bonchev–Trinajstić information content (AvgIpc) is 3.59. The van der Waals surface area contributed by atoms with Crippen LogP contribution in [0.5, 0.6) is 0 Å². The molecule has 1 N–H and O–H groups in total. The zero-order valence-electron chi connectivity index (χ0n) is 20.9. The standard InChI is InChI=1S/C29H25N5O2S2/c1-3-32-21-17-11-12-18-22(21)37-29(32)24-27(36)33(4-2)28(38-24)23-25(30-19-13-7-5-8-14-19)31-34(26(23)35)20-15-9-6-10-16-20/h5-18H,3-4H2,1-2H3,(H,30,31). The highest BCUT2D eigenvalue weighted by atomic mass is 32.2. The third-order valence-corrected chi connectivity index (χ3v) is 8.92. The number of aromatic nitrogens is 1. The number of hydrogen-bond acceptors (Lipinski definition) is 6. The number of thioether (sulfide) groups is 1. The molecule has 0 saturated carbocycles. The van der Waals surface area contributed by atoms with Crippen molar-refractivity contribution in [2.75, 3.05) is 16.5 Å². The van der Waals surface area contributed by atoms with Crippen LogP contribution in [0.1, 0.15) is 13.8 Å². The first-order chi connectivity index (χ1) is 18.6. The highest BCUT2D eigenvalue weighted by Crippen LogP contribution is 2.45. The summed E-state index contributed by atoms with van der Waals surface area (Å²) in [4.78, 5) is 35.8. The molecule has 2 aliphatic heterocycles. The summed E-state index contributed by atoms with van der Waals surface area (Å²) in [6, 6.07) is 27.1. The van der Waals surface area contributed by atoms with Crippen molar-refractivity contribution in [1.82, 2.24) is 9.99 Å². The second kappa shape index (κ2) is 10.00. The molecule has 4 aromatic rings. The Balaban J connectivity index is 1.62. The Labute approximate surface area is 228 Å². The Hall–Kier alpha value is -4.08. The van der Waals surface area contributed by atoms with Gasteiger partial charge in [-0.3, -0.25) is 19.6 Å². The van der Waals surface area contributed by atoms with Crippen molar-refractivity contribution >= 4 is 62.5 Å². The number of rotatable bonds is 4. The number of anilines is 2. The lowest BCUT2D eigenvalue weighted by atomic mass is 10.2. The van der Waals surface area contributed by atoms with Crippen LogP contribution in [0.2, 0.25) is 0 Å². The molecule has 1 saturated heterocycles. The first kappa shape index (κ1) is 24.3. The van der Waals surface area contributed by atoms with Gasteiger partial charge in [0.05, 0.1) is 17.1 Å². The molecule has 190 valence electrons. The lowest BCUT2D eigenvalue weighted by molar-refractivity contribution is -0.113. The molecule has 38 heavy (non-hydrogen) atoms. The molecule has 0 bridgehead atoms. The number of hydrazine groups is 1. The fourth-order valence-corrected chi connectivity index (χ4v) is 7.23. The largest absolute Gasteiger partial charge is 0.334 e. The van der Waals surface area contributed by atoms with E-state index >= 15 is 0 Å². The average molecular weight is 540 g/mol. The minimum Gasteiger partial charge on any atom is -0.334 e. The van der Waals surface area contributed by atoms with Crippen molar-refractivity contribution < 1.29 is 4.79 Å². The van der Waals surface area contributed by atoms with Crippen molar-refractivity contribution in [3.05, 3.63) is 104 Å². The Morgan fingerprint density at radius 3 is 2.24 bits per heavy atom. The van der Waals surface area contributed by atoms with Gasteiger partial charge in [0, 0.05) is 18.0 Å².